The first-order chi connectivity index (χ1) is 12.1. The van der Waals surface area contributed by atoms with Crippen molar-refractivity contribution in [2.45, 2.75) is 56.8 Å². The molecule has 0 radical (unpaired) electrons. The second-order valence-corrected chi connectivity index (χ2v) is 9.83. The minimum Gasteiger partial charge on any atom is -0.393 e. The summed E-state index contributed by atoms with van der Waals surface area (Å²) >= 11 is 0. The van der Waals surface area contributed by atoms with Gasteiger partial charge >= 0.3 is 0 Å². The number of amides is 1. The number of piperidine rings is 1. The molecular formula is C18H27FN2O4S. The third-order valence-corrected chi connectivity index (χ3v) is 7.32. The van der Waals surface area contributed by atoms with Crippen molar-refractivity contribution >= 4 is 21.4 Å². The Hall–Kier alpha value is -1.67. The largest absolute Gasteiger partial charge is 0.393 e. The van der Waals surface area contributed by atoms with Gasteiger partial charge in [-0.25, -0.2) is 12.8 Å². The Morgan fingerprint density at radius 3 is 2.46 bits per heavy atom. The van der Waals surface area contributed by atoms with Gasteiger partial charge in [0.05, 0.1) is 17.0 Å². The van der Waals surface area contributed by atoms with Gasteiger partial charge in [0.25, 0.3) is 0 Å². The van der Waals surface area contributed by atoms with Crippen LogP contribution in [-0.4, -0.2) is 49.1 Å². The number of carbonyl (C=O) groups is 1. The van der Waals surface area contributed by atoms with Crippen molar-refractivity contribution in [3.05, 3.63) is 29.6 Å². The average molecular weight is 386 g/mol. The van der Waals surface area contributed by atoms with E-state index in [0.29, 0.717) is 37.2 Å². The average Bonchev–Trinajstić information content (AvgIpc) is 2.60. The maximum atomic E-state index is 14.4. The Morgan fingerprint density at radius 1 is 1.31 bits per heavy atom. The lowest BCUT2D eigenvalue weighted by atomic mass is 10.1. The molecule has 1 saturated heterocycles. The van der Waals surface area contributed by atoms with E-state index in [4.69, 9.17) is 0 Å². The number of nitrogens with zero attached hydrogens (tertiary/aromatic N) is 1. The molecule has 1 amide bonds. The Balaban J connectivity index is 1.98. The van der Waals surface area contributed by atoms with Crippen molar-refractivity contribution in [1.29, 1.82) is 0 Å². The predicted molar refractivity (Wildman–Crippen MR) is 99.2 cm³/mol. The number of rotatable bonds is 6. The first-order valence-corrected chi connectivity index (χ1v) is 10.5. The van der Waals surface area contributed by atoms with E-state index in [9.17, 15) is 22.7 Å². The molecule has 6 nitrogen and oxygen atoms in total. The Morgan fingerprint density at radius 2 is 1.92 bits per heavy atom. The highest BCUT2D eigenvalue weighted by Crippen LogP contribution is 2.24. The Kier molecular flexibility index (Phi) is 6.63. The molecule has 1 aromatic carbocycles. The highest BCUT2D eigenvalue weighted by Gasteiger charge is 2.30. The molecule has 0 spiro atoms. The van der Waals surface area contributed by atoms with E-state index >= 15 is 0 Å². The standard InChI is InChI=1S/C18H27FN2O4S/c1-12(2)26(24,25)13(3)18(23)20-11-14-4-5-17(16(19)10-14)21-8-6-15(22)7-9-21/h4-5,10,12-13,15,22H,6-9,11H2,1-3H3,(H,20,23)/t13-/m1/s1. The highest BCUT2D eigenvalue weighted by molar-refractivity contribution is 7.93. The van der Waals surface area contributed by atoms with Gasteiger partial charge in [-0.1, -0.05) is 6.07 Å². The van der Waals surface area contributed by atoms with Gasteiger partial charge in [0.1, 0.15) is 11.1 Å². The summed E-state index contributed by atoms with van der Waals surface area (Å²) in [5.41, 5.74) is 1.04. The highest BCUT2D eigenvalue weighted by atomic mass is 32.2. The molecule has 8 heteroatoms. The quantitative estimate of drug-likeness (QED) is 0.776. The fourth-order valence-corrected chi connectivity index (χ4v) is 4.11. The fraction of sp³-hybridized carbons (Fsp3) is 0.611. The third kappa shape index (κ3) is 4.73. The zero-order chi connectivity index (χ0) is 19.5. The fourth-order valence-electron chi connectivity index (χ4n) is 2.91. The molecule has 1 aliphatic rings. The minimum absolute atomic E-state index is 0.0622. The van der Waals surface area contributed by atoms with Crippen LogP contribution in [0.4, 0.5) is 10.1 Å². The molecule has 1 aliphatic heterocycles. The molecule has 2 N–H and O–H groups in total. The van der Waals surface area contributed by atoms with Crippen molar-refractivity contribution in [2.24, 2.45) is 0 Å². The summed E-state index contributed by atoms with van der Waals surface area (Å²) in [6, 6.07) is 4.72. The Labute approximate surface area is 154 Å². The maximum absolute atomic E-state index is 14.4. The lowest BCUT2D eigenvalue weighted by Crippen LogP contribution is -2.40. The lowest BCUT2D eigenvalue weighted by molar-refractivity contribution is -0.120. The van der Waals surface area contributed by atoms with Crippen LogP contribution in [0.1, 0.15) is 39.2 Å². The van der Waals surface area contributed by atoms with Crippen LogP contribution in [0.3, 0.4) is 0 Å². The number of sulfone groups is 1. The number of aliphatic hydroxyl groups is 1. The van der Waals surface area contributed by atoms with Crippen LogP contribution in [0.2, 0.25) is 0 Å². The summed E-state index contributed by atoms with van der Waals surface area (Å²) in [6.07, 6.45) is 0.895. The van der Waals surface area contributed by atoms with E-state index in [1.165, 1.54) is 26.8 Å². The predicted octanol–water partition coefficient (Wildman–Crippen LogP) is 1.61. The number of anilines is 1. The topological polar surface area (TPSA) is 86.7 Å². The van der Waals surface area contributed by atoms with Crippen molar-refractivity contribution < 1.29 is 22.7 Å². The zero-order valence-electron chi connectivity index (χ0n) is 15.4. The monoisotopic (exact) mass is 386 g/mol. The summed E-state index contributed by atoms with van der Waals surface area (Å²) in [7, 11) is -3.53. The molecule has 0 aliphatic carbocycles. The molecule has 146 valence electrons. The minimum atomic E-state index is -3.53. The third-order valence-electron chi connectivity index (χ3n) is 4.80. The molecule has 1 heterocycles. The lowest BCUT2D eigenvalue weighted by Gasteiger charge is -2.31. The molecule has 1 fully saturated rings. The molecule has 0 saturated carbocycles. The smallest absolute Gasteiger partial charge is 0.238 e. The van der Waals surface area contributed by atoms with E-state index in [1.807, 2.05) is 4.90 Å². The van der Waals surface area contributed by atoms with Crippen LogP contribution < -0.4 is 10.2 Å². The van der Waals surface area contributed by atoms with Gasteiger partial charge < -0.3 is 15.3 Å². The summed E-state index contributed by atoms with van der Waals surface area (Å²) in [5, 5.41) is 10.3. The zero-order valence-corrected chi connectivity index (χ0v) is 16.2. The first-order valence-electron chi connectivity index (χ1n) is 8.84. The van der Waals surface area contributed by atoms with E-state index < -0.39 is 32.1 Å². The maximum Gasteiger partial charge on any atom is 0.238 e. The molecule has 1 atom stereocenters. The Bertz CT molecular complexity index is 744. The number of hydrogen-bond acceptors (Lipinski definition) is 5. The van der Waals surface area contributed by atoms with Crippen molar-refractivity contribution in [3.63, 3.8) is 0 Å². The number of aliphatic hydroxyl groups excluding tert-OH is 1. The van der Waals surface area contributed by atoms with Gasteiger partial charge in [-0.05, 0) is 51.3 Å². The number of halogens is 1. The summed E-state index contributed by atoms with van der Waals surface area (Å²) in [6.45, 7) is 5.68. The van der Waals surface area contributed by atoms with Gasteiger partial charge in [0.2, 0.25) is 5.91 Å². The number of benzene rings is 1. The SMILES string of the molecule is CC(C)S(=O)(=O)[C@H](C)C(=O)NCc1ccc(N2CCC(O)CC2)c(F)c1. The summed E-state index contributed by atoms with van der Waals surface area (Å²) in [4.78, 5) is 14.0. The molecule has 2 rings (SSSR count). The molecular weight excluding hydrogens is 359 g/mol. The molecule has 1 aromatic rings. The van der Waals surface area contributed by atoms with Gasteiger partial charge in [-0.15, -0.1) is 0 Å². The van der Waals surface area contributed by atoms with E-state index in [2.05, 4.69) is 5.32 Å². The van der Waals surface area contributed by atoms with Crippen LogP contribution in [0.15, 0.2) is 18.2 Å². The van der Waals surface area contributed by atoms with Gasteiger partial charge in [-0.2, -0.15) is 0 Å². The first kappa shape index (κ1) is 20.6. The van der Waals surface area contributed by atoms with E-state index in [0.717, 1.165) is 0 Å². The second kappa shape index (κ2) is 8.35. The molecule has 26 heavy (non-hydrogen) atoms. The number of nitrogens with one attached hydrogen (secondary N) is 1. The van der Waals surface area contributed by atoms with Crippen LogP contribution >= 0.6 is 0 Å². The van der Waals surface area contributed by atoms with Gasteiger partial charge in [0, 0.05) is 19.6 Å². The van der Waals surface area contributed by atoms with Crippen molar-refractivity contribution in [2.75, 3.05) is 18.0 Å². The van der Waals surface area contributed by atoms with Crippen LogP contribution in [0.25, 0.3) is 0 Å². The molecule has 0 bridgehead atoms. The van der Waals surface area contributed by atoms with E-state index in [1.54, 1.807) is 12.1 Å². The van der Waals surface area contributed by atoms with Crippen LogP contribution in [0, 0.1) is 5.82 Å². The van der Waals surface area contributed by atoms with Crippen molar-refractivity contribution in [1.82, 2.24) is 5.32 Å². The van der Waals surface area contributed by atoms with E-state index in [-0.39, 0.29) is 12.6 Å². The number of hydrogen-bond donors (Lipinski definition) is 2. The van der Waals surface area contributed by atoms with Gasteiger partial charge in [0.15, 0.2) is 9.84 Å². The molecule has 0 aromatic heterocycles. The second-order valence-electron chi connectivity index (χ2n) is 7.00. The normalized spacial score (nSPS) is 17.4. The van der Waals surface area contributed by atoms with Crippen molar-refractivity contribution in [3.8, 4) is 0 Å². The van der Waals surface area contributed by atoms with Crippen LogP contribution in [-0.2, 0) is 21.2 Å². The number of carbonyl (C=O) groups excluding carboxylic acids is 1. The van der Waals surface area contributed by atoms with Crippen LogP contribution in [0.5, 0.6) is 0 Å². The van der Waals surface area contributed by atoms with Gasteiger partial charge in [-0.3, -0.25) is 4.79 Å². The summed E-state index contributed by atoms with van der Waals surface area (Å²) < 4.78 is 38.5. The summed E-state index contributed by atoms with van der Waals surface area (Å²) in [5.74, 6) is -0.982. The molecule has 0 unspecified atom stereocenters.